The predicted octanol–water partition coefficient (Wildman–Crippen LogP) is 0.919. The lowest BCUT2D eigenvalue weighted by molar-refractivity contribution is 0.0939. The molecule has 0 bridgehead atoms. The van der Waals surface area contributed by atoms with Crippen molar-refractivity contribution in [3.63, 3.8) is 0 Å². The van der Waals surface area contributed by atoms with Crippen LogP contribution < -0.4 is 19.7 Å². The maximum absolute atomic E-state index is 12.4. The lowest BCUT2D eigenvalue weighted by Gasteiger charge is -2.31. The van der Waals surface area contributed by atoms with Crippen LogP contribution in [0.5, 0.6) is 11.5 Å². The number of anilines is 1. The zero-order valence-electron chi connectivity index (χ0n) is 14.9. The molecule has 27 heavy (non-hydrogen) atoms. The molecular formula is C19H20N4O4. The van der Waals surface area contributed by atoms with Gasteiger partial charge in [0.05, 0.1) is 13.2 Å². The average molecular weight is 368 g/mol. The Morgan fingerprint density at radius 2 is 1.96 bits per heavy atom. The van der Waals surface area contributed by atoms with Crippen LogP contribution in [-0.4, -0.2) is 55.5 Å². The Kier molecular flexibility index (Phi) is 4.05. The van der Waals surface area contributed by atoms with E-state index in [1.165, 1.54) is 0 Å². The van der Waals surface area contributed by atoms with Crippen molar-refractivity contribution in [2.24, 2.45) is 0 Å². The molecule has 1 N–H and O–H groups in total. The van der Waals surface area contributed by atoms with Gasteiger partial charge in [-0.2, -0.15) is 0 Å². The summed E-state index contributed by atoms with van der Waals surface area (Å²) in [5.41, 5.74) is 2.45. The van der Waals surface area contributed by atoms with E-state index >= 15 is 0 Å². The van der Waals surface area contributed by atoms with Gasteiger partial charge in [0.2, 0.25) is 6.79 Å². The van der Waals surface area contributed by atoms with Crippen molar-refractivity contribution in [1.82, 2.24) is 15.3 Å². The SMILES string of the molecule is O=C1NCCc2c1nc(Cc1ccc3c(c1)OCO3)nc2N1CCOCC1. The Balaban J connectivity index is 1.52. The zero-order chi connectivity index (χ0) is 18.2. The van der Waals surface area contributed by atoms with Crippen LogP contribution in [0.15, 0.2) is 18.2 Å². The molecule has 1 amide bonds. The van der Waals surface area contributed by atoms with Gasteiger partial charge in [0.25, 0.3) is 5.91 Å². The standard InChI is InChI=1S/C19H20N4O4/c24-19-17-13(3-4-20-19)18(23-5-7-25-8-6-23)22-16(21-17)10-12-1-2-14-15(9-12)27-11-26-14/h1-2,9H,3-8,10-11H2,(H,20,24). The number of benzene rings is 1. The maximum Gasteiger partial charge on any atom is 0.270 e. The summed E-state index contributed by atoms with van der Waals surface area (Å²) in [5, 5.41) is 2.88. The van der Waals surface area contributed by atoms with Crippen LogP contribution in [0.3, 0.4) is 0 Å². The van der Waals surface area contributed by atoms with Crippen molar-refractivity contribution >= 4 is 11.7 Å². The Morgan fingerprint density at radius 1 is 1.11 bits per heavy atom. The quantitative estimate of drug-likeness (QED) is 0.862. The monoisotopic (exact) mass is 368 g/mol. The van der Waals surface area contributed by atoms with Gasteiger partial charge in [0, 0.05) is 31.6 Å². The van der Waals surface area contributed by atoms with E-state index in [4.69, 9.17) is 19.2 Å². The Labute approximate surface area is 156 Å². The van der Waals surface area contributed by atoms with E-state index in [0.29, 0.717) is 37.7 Å². The number of nitrogens with one attached hydrogen (secondary N) is 1. The first-order valence-electron chi connectivity index (χ1n) is 9.17. The molecule has 0 radical (unpaired) electrons. The summed E-state index contributed by atoms with van der Waals surface area (Å²) in [6.07, 6.45) is 1.27. The number of carbonyl (C=O) groups is 1. The Hall–Kier alpha value is -2.87. The molecule has 3 aliphatic heterocycles. The van der Waals surface area contributed by atoms with E-state index in [9.17, 15) is 4.79 Å². The number of hydrogen-bond acceptors (Lipinski definition) is 7. The van der Waals surface area contributed by atoms with E-state index in [1.54, 1.807) is 0 Å². The van der Waals surface area contributed by atoms with Crippen molar-refractivity contribution in [1.29, 1.82) is 0 Å². The van der Waals surface area contributed by atoms with Crippen molar-refractivity contribution in [3.05, 3.63) is 40.8 Å². The van der Waals surface area contributed by atoms with Crippen LogP contribution in [0, 0.1) is 0 Å². The van der Waals surface area contributed by atoms with E-state index < -0.39 is 0 Å². The van der Waals surface area contributed by atoms with Crippen molar-refractivity contribution in [3.8, 4) is 11.5 Å². The van der Waals surface area contributed by atoms with Crippen LogP contribution in [0.2, 0.25) is 0 Å². The van der Waals surface area contributed by atoms with Gasteiger partial charge in [-0.3, -0.25) is 4.79 Å². The molecule has 2 aromatic rings. The first-order valence-corrected chi connectivity index (χ1v) is 9.17. The minimum Gasteiger partial charge on any atom is -0.454 e. The summed E-state index contributed by atoms with van der Waals surface area (Å²) in [6.45, 7) is 3.75. The molecule has 1 fully saturated rings. The molecule has 3 aliphatic rings. The number of ether oxygens (including phenoxy) is 3. The van der Waals surface area contributed by atoms with Crippen LogP contribution >= 0.6 is 0 Å². The molecule has 0 atom stereocenters. The predicted molar refractivity (Wildman–Crippen MR) is 96.5 cm³/mol. The molecule has 0 saturated carbocycles. The van der Waals surface area contributed by atoms with Gasteiger partial charge in [-0.1, -0.05) is 6.07 Å². The maximum atomic E-state index is 12.4. The van der Waals surface area contributed by atoms with Crippen molar-refractivity contribution in [2.45, 2.75) is 12.8 Å². The van der Waals surface area contributed by atoms with Crippen LogP contribution in [-0.2, 0) is 17.6 Å². The zero-order valence-corrected chi connectivity index (χ0v) is 14.9. The Morgan fingerprint density at radius 3 is 2.85 bits per heavy atom. The highest BCUT2D eigenvalue weighted by Gasteiger charge is 2.27. The smallest absolute Gasteiger partial charge is 0.270 e. The molecule has 140 valence electrons. The molecule has 0 unspecified atom stereocenters. The fourth-order valence-corrected chi connectivity index (χ4v) is 3.67. The highest BCUT2D eigenvalue weighted by atomic mass is 16.7. The second kappa shape index (κ2) is 6.70. The molecular weight excluding hydrogens is 348 g/mol. The minimum atomic E-state index is -0.125. The van der Waals surface area contributed by atoms with E-state index in [1.807, 2.05) is 18.2 Å². The molecule has 8 nitrogen and oxygen atoms in total. The molecule has 8 heteroatoms. The fraction of sp³-hybridized carbons (Fsp3) is 0.421. The third-order valence-electron chi connectivity index (χ3n) is 5.02. The van der Waals surface area contributed by atoms with E-state index in [-0.39, 0.29) is 12.7 Å². The highest BCUT2D eigenvalue weighted by Crippen LogP contribution is 2.33. The molecule has 1 aromatic carbocycles. The lowest BCUT2D eigenvalue weighted by atomic mass is 10.0. The number of amides is 1. The van der Waals surface area contributed by atoms with Gasteiger partial charge in [-0.05, 0) is 24.1 Å². The summed E-state index contributed by atoms with van der Waals surface area (Å²) in [7, 11) is 0. The van der Waals surface area contributed by atoms with Crippen LogP contribution in [0.25, 0.3) is 0 Å². The minimum absolute atomic E-state index is 0.125. The fourth-order valence-electron chi connectivity index (χ4n) is 3.67. The van der Waals surface area contributed by atoms with Gasteiger partial charge in [-0.15, -0.1) is 0 Å². The normalized spacial score (nSPS) is 18.2. The molecule has 1 saturated heterocycles. The van der Waals surface area contributed by atoms with Crippen molar-refractivity contribution < 1.29 is 19.0 Å². The molecule has 1 aromatic heterocycles. The molecule has 5 rings (SSSR count). The number of aromatic nitrogens is 2. The highest BCUT2D eigenvalue weighted by molar-refractivity contribution is 5.96. The number of hydrogen-bond donors (Lipinski definition) is 1. The van der Waals surface area contributed by atoms with E-state index in [0.717, 1.165) is 48.0 Å². The topological polar surface area (TPSA) is 85.8 Å². The molecule has 0 spiro atoms. The summed E-state index contributed by atoms with van der Waals surface area (Å²) in [4.78, 5) is 24.0. The first-order chi connectivity index (χ1) is 13.3. The van der Waals surface area contributed by atoms with Gasteiger partial charge in [-0.25, -0.2) is 9.97 Å². The van der Waals surface area contributed by atoms with Crippen LogP contribution in [0.1, 0.15) is 27.4 Å². The van der Waals surface area contributed by atoms with Crippen molar-refractivity contribution in [2.75, 3.05) is 44.5 Å². The average Bonchev–Trinajstić information content (AvgIpc) is 3.17. The number of rotatable bonds is 3. The number of nitrogens with zero attached hydrogens (tertiary/aromatic N) is 3. The van der Waals surface area contributed by atoms with Gasteiger partial charge in [0.1, 0.15) is 17.3 Å². The number of fused-ring (bicyclic) bond motifs is 2. The van der Waals surface area contributed by atoms with Gasteiger partial charge >= 0.3 is 0 Å². The summed E-state index contributed by atoms with van der Waals surface area (Å²) < 4.78 is 16.3. The number of carbonyl (C=O) groups excluding carboxylic acids is 1. The molecule has 0 aliphatic carbocycles. The third kappa shape index (κ3) is 3.06. The van der Waals surface area contributed by atoms with Gasteiger partial charge < -0.3 is 24.4 Å². The van der Waals surface area contributed by atoms with Crippen LogP contribution in [0.4, 0.5) is 5.82 Å². The summed E-state index contributed by atoms with van der Waals surface area (Å²) in [5.74, 6) is 2.86. The lowest BCUT2D eigenvalue weighted by Crippen LogP contribution is -2.40. The third-order valence-corrected chi connectivity index (χ3v) is 5.02. The second-order valence-corrected chi connectivity index (χ2v) is 6.76. The second-order valence-electron chi connectivity index (χ2n) is 6.76. The number of morpholine rings is 1. The first kappa shape index (κ1) is 16.3. The summed E-state index contributed by atoms with van der Waals surface area (Å²) >= 11 is 0. The summed E-state index contributed by atoms with van der Waals surface area (Å²) in [6, 6.07) is 5.82. The largest absolute Gasteiger partial charge is 0.454 e. The van der Waals surface area contributed by atoms with E-state index in [2.05, 4.69) is 15.2 Å². The molecule has 4 heterocycles. The van der Waals surface area contributed by atoms with Gasteiger partial charge in [0.15, 0.2) is 11.5 Å². The Bertz CT molecular complexity index is 896.